The van der Waals surface area contributed by atoms with E-state index in [1.807, 2.05) is 6.92 Å². The molecule has 84 valence electrons. The summed E-state index contributed by atoms with van der Waals surface area (Å²) in [4.78, 5) is 22.7. The highest BCUT2D eigenvalue weighted by Crippen LogP contribution is 2.33. The predicted octanol–water partition coefficient (Wildman–Crippen LogP) is 1.66. The lowest BCUT2D eigenvalue weighted by Gasteiger charge is -2.32. The molecule has 3 atom stereocenters. The lowest BCUT2D eigenvalue weighted by Crippen LogP contribution is -2.37. The molecule has 1 N–H and O–H groups in total. The van der Waals surface area contributed by atoms with E-state index in [0.29, 0.717) is 18.6 Å². The summed E-state index contributed by atoms with van der Waals surface area (Å²) in [5, 5.41) is 12.0. The van der Waals surface area contributed by atoms with Crippen LogP contribution in [-0.2, 0) is 9.59 Å². The first kappa shape index (κ1) is 11.9. The monoisotopic (exact) mass is 211 g/mol. The number of carbonyl (C=O) groups is 2. The van der Waals surface area contributed by atoms with Gasteiger partial charge in [-0.05, 0) is 26.7 Å². The minimum Gasteiger partial charge on any atom is -0.411 e. The smallest absolute Gasteiger partial charge is 0.133 e. The highest BCUT2D eigenvalue weighted by atomic mass is 16.4. The number of nitrogens with zero attached hydrogens (tertiary/aromatic N) is 1. The van der Waals surface area contributed by atoms with Crippen LogP contribution in [0.2, 0.25) is 0 Å². The van der Waals surface area contributed by atoms with Crippen LogP contribution in [0.15, 0.2) is 5.16 Å². The Balaban J connectivity index is 2.91. The highest BCUT2D eigenvalue weighted by molar-refractivity contribution is 5.96. The van der Waals surface area contributed by atoms with Crippen LogP contribution in [0.1, 0.15) is 33.6 Å². The summed E-state index contributed by atoms with van der Waals surface area (Å²) in [6, 6.07) is 0. The summed E-state index contributed by atoms with van der Waals surface area (Å²) in [5.41, 5.74) is 0.571. The van der Waals surface area contributed by atoms with Crippen LogP contribution in [0.25, 0.3) is 0 Å². The summed E-state index contributed by atoms with van der Waals surface area (Å²) >= 11 is 0. The van der Waals surface area contributed by atoms with Crippen LogP contribution in [0.4, 0.5) is 0 Å². The number of rotatable bonds is 2. The van der Waals surface area contributed by atoms with Crippen molar-refractivity contribution in [2.75, 3.05) is 0 Å². The first-order valence-electron chi connectivity index (χ1n) is 5.19. The molecule has 0 aromatic carbocycles. The number of carbonyl (C=O) groups excluding carboxylic acids is 2. The van der Waals surface area contributed by atoms with Gasteiger partial charge in [-0.15, -0.1) is 0 Å². The van der Waals surface area contributed by atoms with Crippen LogP contribution >= 0.6 is 0 Å². The van der Waals surface area contributed by atoms with Crippen molar-refractivity contribution >= 4 is 17.3 Å². The molecule has 1 aliphatic carbocycles. The molecule has 1 fully saturated rings. The Morgan fingerprint density at radius 3 is 2.33 bits per heavy atom. The van der Waals surface area contributed by atoms with Crippen molar-refractivity contribution < 1.29 is 14.8 Å². The average molecular weight is 211 g/mol. The van der Waals surface area contributed by atoms with Crippen molar-refractivity contribution in [1.82, 2.24) is 0 Å². The normalized spacial score (nSPS) is 34.1. The van der Waals surface area contributed by atoms with Crippen LogP contribution in [0.5, 0.6) is 0 Å². The van der Waals surface area contributed by atoms with Crippen molar-refractivity contribution in [3.8, 4) is 0 Å². The van der Waals surface area contributed by atoms with Gasteiger partial charge in [0.15, 0.2) is 0 Å². The fourth-order valence-corrected chi connectivity index (χ4v) is 2.22. The molecule has 4 heteroatoms. The molecule has 0 aromatic rings. The maximum Gasteiger partial charge on any atom is 0.133 e. The van der Waals surface area contributed by atoms with E-state index in [1.54, 1.807) is 0 Å². The van der Waals surface area contributed by atoms with Gasteiger partial charge < -0.3 is 5.21 Å². The molecular formula is C11H17NO3. The van der Waals surface area contributed by atoms with Gasteiger partial charge in [-0.3, -0.25) is 9.59 Å². The molecule has 0 heterocycles. The Kier molecular flexibility index (Phi) is 3.61. The minimum atomic E-state index is -0.182. The lowest BCUT2D eigenvalue weighted by molar-refractivity contribution is -0.125. The summed E-state index contributed by atoms with van der Waals surface area (Å²) in [6.07, 6.45) is 1.07. The Bertz CT molecular complexity index is 309. The molecule has 1 aliphatic rings. The average Bonchev–Trinajstić information content (AvgIpc) is 2.17. The summed E-state index contributed by atoms with van der Waals surface area (Å²) in [5.74, 6) is -0.272. The molecule has 0 bridgehead atoms. The molecule has 0 aliphatic heterocycles. The Morgan fingerprint density at radius 2 is 1.93 bits per heavy atom. The Morgan fingerprint density at radius 1 is 1.33 bits per heavy atom. The van der Waals surface area contributed by atoms with Gasteiger partial charge in [0.25, 0.3) is 0 Å². The van der Waals surface area contributed by atoms with Crippen LogP contribution in [0, 0.1) is 17.8 Å². The van der Waals surface area contributed by atoms with E-state index in [9.17, 15) is 9.59 Å². The van der Waals surface area contributed by atoms with Gasteiger partial charge in [-0.1, -0.05) is 12.1 Å². The summed E-state index contributed by atoms with van der Waals surface area (Å²) < 4.78 is 0. The third-order valence-electron chi connectivity index (χ3n) is 3.35. The van der Waals surface area contributed by atoms with Crippen LogP contribution in [0.3, 0.4) is 0 Å². The topological polar surface area (TPSA) is 66.7 Å². The molecule has 0 saturated heterocycles. The van der Waals surface area contributed by atoms with E-state index in [0.717, 1.165) is 0 Å². The largest absolute Gasteiger partial charge is 0.411 e. The van der Waals surface area contributed by atoms with Crippen molar-refractivity contribution in [3.05, 3.63) is 0 Å². The van der Waals surface area contributed by atoms with Gasteiger partial charge in [0.05, 0.1) is 5.71 Å². The van der Waals surface area contributed by atoms with Gasteiger partial charge in [0, 0.05) is 17.8 Å². The van der Waals surface area contributed by atoms with Crippen molar-refractivity contribution in [2.24, 2.45) is 22.9 Å². The van der Waals surface area contributed by atoms with Gasteiger partial charge in [0.1, 0.15) is 11.6 Å². The minimum absolute atomic E-state index is 0.0527. The van der Waals surface area contributed by atoms with E-state index in [2.05, 4.69) is 5.16 Å². The first-order valence-corrected chi connectivity index (χ1v) is 5.19. The molecule has 0 spiro atoms. The van der Waals surface area contributed by atoms with E-state index in [4.69, 9.17) is 5.21 Å². The van der Waals surface area contributed by atoms with E-state index in [1.165, 1.54) is 13.8 Å². The molecule has 1 saturated carbocycles. The number of hydrogen-bond donors (Lipinski definition) is 1. The molecule has 3 unspecified atom stereocenters. The maximum atomic E-state index is 11.4. The fraction of sp³-hybridized carbons (Fsp3) is 0.727. The van der Waals surface area contributed by atoms with Crippen molar-refractivity contribution in [1.29, 1.82) is 0 Å². The second-order valence-corrected chi connectivity index (χ2v) is 4.34. The zero-order chi connectivity index (χ0) is 11.6. The fourth-order valence-electron chi connectivity index (χ4n) is 2.22. The lowest BCUT2D eigenvalue weighted by atomic mass is 9.71. The van der Waals surface area contributed by atoms with E-state index < -0.39 is 0 Å². The SMILES string of the molecule is CC(=O)C1C/C(=N\O)C(C)C(C(C)=O)C1. The standard InChI is InChI=1S/C11H17NO3/c1-6-10(8(3)14)4-9(7(2)13)5-11(6)12-15/h6,9-10,15H,4-5H2,1-3H3/b12-11+. The third-order valence-corrected chi connectivity index (χ3v) is 3.35. The zero-order valence-electron chi connectivity index (χ0n) is 9.36. The number of oxime groups is 1. The van der Waals surface area contributed by atoms with Gasteiger partial charge in [0.2, 0.25) is 0 Å². The van der Waals surface area contributed by atoms with Gasteiger partial charge >= 0.3 is 0 Å². The molecular weight excluding hydrogens is 194 g/mol. The zero-order valence-corrected chi connectivity index (χ0v) is 9.36. The number of hydrogen-bond acceptors (Lipinski definition) is 4. The van der Waals surface area contributed by atoms with Crippen molar-refractivity contribution in [2.45, 2.75) is 33.6 Å². The van der Waals surface area contributed by atoms with Crippen LogP contribution in [-0.4, -0.2) is 22.5 Å². The number of Topliss-reactive ketones (excluding diaryl/α,β-unsaturated/α-hetero) is 2. The van der Waals surface area contributed by atoms with E-state index in [-0.39, 0.29) is 29.3 Å². The second kappa shape index (κ2) is 4.55. The summed E-state index contributed by atoms with van der Waals surface area (Å²) in [7, 11) is 0. The molecule has 4 nitrogen and oxygen atoms in total. The van der Waals surface area contributed by atoms with Crippen LogP contribution < -0.4 is 0 Å². The second-order valence-electron chi connectivity index (χ2n) is 4.34. The Hall–Kier alpha value is -1.19. The molecule has 15 heavy (non-hydrogen) atoms. The maximum absolute atomic E-state index is 11.4. The third kappa shape index (κ3) is 2.43. The van der Waals surface area contributed by atoms with Gasteiger partial charge in [-0.2, -0.15) is 0 Å². The number of ketones is 2. The summed E-state index contributed by atoms with van der Waals surface area (Å²) in [6.45, 7) is 4.92. The first-order chi connectivity index (χ1) is 6.97. The Labute approximate surface area is 89.3 Å². The molecule has 0 aromatic heterocycles. The molecule has 1 rings (SSSR count). The quantitative estimate of drug-likeness (QED) is 0.558. The molecule has 0 amide bonds. The van der Waals surface area contributed by atoms with E-state index >= 15 is 0 Å². The highest BCUT2D eigenvalue weighted by Gasteiger charge is 2.36. The van der Waals surface area contributed by atoms with Gasteiger partial charge in [-0.25, -0.2) is 0 Å². The molecule has 0 radical (unpaired) electrons. The van der Waals surface area contributed by atoms with Crippen molar-refractivity contribution in [3.63, 3.8) is 0 Å². The predicted molar refractivity (Wildman–Crippen MR) is 56.0 cm³/mol.